The maximum absolute atomic E-state index is 13.3. The molecule has 5 atom stereocenters. The molecule has 1 aromatic heterocycles. The van der Waals surface area contributed by atoms with Gasteiger partial charge in [0.25, 0.3) is 0 Å². The first-order chi connectivity index (χ1) is 17.5. The Balaban J connectivity index is 1.38. The van der Waals surface area contributed by atoms with Gasteiger partial charge in [-0.1, -0.05) is 29.0 Å². The molecule has 3 aromatic rings. The molecule has 2 bridgehead atoms. The van der Waals surface area contributed by atoms with Gasteiger partial charge in [-0.15, -0.1) is 11.8 Å². The minimum atomic E-state index is -0.224. The Morgan fingerprint density at radius 2 is 1.83 bits per heavy atom. The molecule has 9 heteroatoms. The number of ether oxygens (including phenoxy) is 2. The Labute approximate surface area is 223 Å². The number of carbonyl (C=O) groups is 1. The Hall–Kier alpha value is -2.42. The predicted molar refractivity (Wildman–Crippen MR) is 144 cm³/mol. The van der Waals surface area contributed by atoms with E-state index >= 15 is 0 Å². The summed E-state index contributed by atoms with van der Waals surface area (Å²) >= 11 is 9.07. The molecule has 6 rings (SSSR count). The number of nitrogens with zero attached hydrogens (tertiary/aromatic N) is 1. The number of anilines is 1. The van der Waals surface area contributed by atoms with Gasteiger partial charge in [-0.3, -0.25) is 14.2 Å². The van der Waals surface area contributed by atoms with Gasteiger partial charge in [0.2, 0.25) is 5.91 Å². The Bertz CT molecular complexity index is 1370. The highest BCUT2D eigenvalue weighted by molar-refractivity contribution is 8.00. The minimum Gasteiger partial charge on any atom is -0.493 e. The van der Waals surface area contributed by atoms with Crippen molar-refractivity contribution in [2.75, 3.05) is 19.5 Å². The molecule has 1 amide bonds. The summed E-state index contributed by atoms with van der Waals surface area (Å²) in [7, 11) is 3.29. The van der Waals surface area contributed by atoms with Crippen molar-refractivity contribution < 1.29 is 14.3 Å². The molecule has 2 aliphatic carbocycles. The van der Waals surface area contributed by atoms with Crippen LogP contribution in [0.1, 0.15) is 35.6 Å². The van der Waals surface area contributed by atoms with Crippen LogP contribution in [0.4, 0.5) is 5.69 Å². The van der Waals surface area contributed by atoms with Crippen molar-refractivity contribution in [3.63, 3.8) is 0 Å². The highest BCUT2D eigenvalue weighted by Gasteiger charge is 2.55. The summed E-state index contributed by atoms with van der Waals surface area (Å²) in [5.41, 5.74) is 1.81. The fraction of sp³-hybridized carbons (Fsp3) is 0.407. The third-order valence-electron chi connectivity index (χ3n) is 7.89. The van der Waals surface area contributed by atoms with Crippen LogP contribution in [0.15, 0.2) is 52.3 Å². The lowest BCUT2D eigenvalue weighted by Crippen LogP contribution is -2.34. The largest absolute Gasteiger partial charge is 0.493 e. The van der Waals surface area contributed by atoms with Gasteiger partial charge in [0.05, 0.1) is 19.2 Å². The molecule has 36 heavy (non-hydrogen) atoms. The number of thiazole rings is 1. The van der Waals surface area contributed by atoms with Crippen molar-refractivity contribution in [2.24, 2.45) is 17.8 Å². The number of methoxy groups -OCH3 is 2. The topological polar surface area (TPSA) is 69.6 Å². The van der Waals surface area contributed by atoms with E-state index in [1.807, 2.05) is 17.8 Å². The summed E-state index contributed by atoms with van der Waals surface area (Å²) in [4.78, 5) is 27.2. The number of rotatable bonds is 6. The second-order valence-electron chi connectivity index (χ2n) is 9.76. The fourth-order valence-corrected chi connectivity index (χ4v) is 9.66. The SMILES string of the molecule is COc1ccc([C@@H]2c3sc(=O)n(CC(=O)Nc4ccc(Cl)cc4)c3SC3C4CCC(C4)C32)cc1OC. The standard InChI is InChI=1S/C27H27ClN2O4S2/c1-33-19-10-5-15(12-20(19)34-2)23-22-14-3-4-16(11-14)24(22)35-26-25(23)36-27(32)30(26)13-21(31)29-18-8-6-17(28)7-9-18/h5-10,12,14,16,22-24H,3-4,11,13H2,1-2H3,(H,29,31)/t14?,16?,22?,23-,24?/m0/s1. The first-order valence-electron chi connectivity index (χ1n) is 12.1. The van der Waals surface area contributed by atoms with Gasteiger partial charge in [-0.2, -0.15) is 0 Å². The number of aromatic nitrogens is 1. The van der Waals surface area contributed by atoms with Crippen molar-refractivity contribution in [2.45, 2.75) is 42.0 Å². The molecule has 0 saturated heterocycles. The number of amides is 1. The van der Waals surface area contributed by atoms with Crippen LogP contribution in [-0.4, -0.2) is 29.9 Å². The zero-order chi connectivity index (χ0) is 25.0. The van der Waals surface area contributed by atoms with E-state index in [0.29, 0.717) is 45.2 Å². The van der Waals surface area contributed by atoms with Crippen LogP contribution < -0.4 is 19.7 Å². The molecule has 0 spiro atoms. The number of hydrogen-bond acceptors (Lipinski definition) is 6. The molecular formula is C27H27ClN2O4S2. The lowest BCUT2D eigenvalue weighted by Gasteiger charge is -2.40. The number of halogens is 1. The van der Waals surface area contributed by atoms with Crippen molar-refractivity contribution >= 4 is 46.3 Å². The van der Waals surface area contributed by atoms with Crippen molar-refractivity contribution in [1.82, 2.24) is 4.57 Å². The van der Waals surface area contributed by atoms with Crippen molar-refractivity contribution in [3.8, 4) is 11.5 Å². The summed E-state index contributed by atoms with van der Waals surface area (Å²) < 4.78 is 12.8. The van der Waals surface area contributed by atoms with E-state index in [1.54, 1.807) is 43.1 Å². The quantitative estimate of drug-likeness (QED) is 0.422. The second kappa shape index (κ2) is 9.47. The van der Waals surface area contributed by atoms with Gasteiger partial charge in [0, 0.05) is 26.8 Å². The molecule has 2 aromatic carbocycles. The molecule has 1 aliphatic heterocycles. The van der Waals surface area contributed by atoms with Crippen LogP contribution in [-0.2, 0) is 11.3 Å². The maximum atomic E-state index is 13.3. The summed E-state index contributed by atoms with van der Waals surface area (Å²) in [6.45, 7) is -0.00950. The highest BCUT2D eigenvalue weighted by Crippen LogP contribution is 2.64. The predicted octanol–water partition coefficient (Wildman–Crippen LogP) is 5.87. The van der Waals surface area contributed by atoms with Crippen LogP contribution in [0.2, 0.25) is 5.02 Å². The normalized spacial score (nSPS) is 25.8. The maximum Gasteiger partial charge on any atom is 0.308 e. The monoisotopic (exact) mass is 542 g/mol. The van der Waals surface area contributed by atoms with E-state index in [1.165, 1.54) is 30.6 Å². The first-order valence-corrected chi connectivity index (χ1v) is 14.2. The molecule has 2 saturated carbocycles. The number of carbonyl (C=O) groups excluding carboxylic acids is 1. The molecule has 6 nitrogen and oxygen atoms in total. The van der Waals surface area contributed by atoms with Gasteiger partial charge in [-0.05, 0) is 79.0 Å². The van der Waals surface area contributed by atoms with E-state index in [4.69, 9.17) is 21.1 Å². The smallest absolute Gasteiger partial charge is 0.308 e. The number of benzene rings is 2. The highest BCUT2D eigenvalue weighted by atomic mass is 35.5. The Morgan fingerprint density at radius 3 is 2.58 bits per heavy atom. The van der Waals surface area contributed by atoms with Gasteiger partial charge in [-0.25, -0.2) is 0 Å². The zero-order valence-electron chi connectivity index (χ0n) is 20.0. The van der Waals surface area contributed by atoms with Crippen molar-refractivity contribution in [1.29, 1.82) is 0 Å². The molecule has 0 radical (unpaired) electrons. The zero-order valence-corrected chi connectivity index (χ0v) is 22.4. The van der Waals surface area contributed by atoms with Crippen LogP contribution in [0.3, 0.4) is 0 Å². The fourth-order valence-electron chi connectivity index (χ4n) is 6.38. The van der Waals surface area contributed by atoms with Gasteiger partial charge in [0.1, 0.15) is 6.54 Å². The first kappa shape index (κ1) is 23.9. The molecule has 1 N–H and O–H groups in total. The number of fused-ring (bicyclic) bond motifs is 6. The van der Waals surface area contributed by atoms with Gasteiger partial charge in [0.15, 0.2) is 11.5 Å². The second-order valence-corrected chi connectivity index (χ2v) is 12.4. The van der Waals surface area contributed by atoms with E-state index < -0.39 is 0 Å². The lowest BCUT2D eigenvalue weighted by molar-refractivity contribution is -0.116. The third kappa shape index (κ3) is 4.03. The molecule has 2 heterocycles. The minimum absolute atomic E-state index is 0.00950. The molecular weight excluding hydrogens is 516 g/mol. The molecule has 188 valence electrons. The van der Waals surface area contributed by atoms with Crippen LogP contribution in [0, 0.1) is 17.8 Å². The van der Waals surface area contributed by atoms with Gasteiger partial charge < -0.3 is 14.8 Å². The van der Waals surface area contributed by atoms with E-state index in [9.17, 15) is 9.59 Å². The average molecular weight is 543 g/mol. The lowest BCUT2D eigenvalue weighted by atomic mass is 9.75. The van der Waals surface area contributed by atoms with E-state index in [2.05, 4.69) is 17.4 Å². The molecule has 3 aliphatic rings. The number of thioether (sulfide) groups is 1. The third-order valence-corrected chi connectivity index (χ3v) is 11.0. The van der Waals surface area contributed by atoms with Crippen LogP contribution in [0.25, 0.3) is 0 Å². The van der Waals surface area contributed by atoms with E-state index in [0.717, 1.165) is 15.5 Å². The summed E-state index contributed by atoms with van der Waals surface area (Å²) in [6, 6.07) is 13.1. The molecule has 4 unspecified atom stereocenters. The summed E-state index contributed by atoms with van der Waals surface area (Å²) in [5.74, 6) is 3.08. The van der Waals surface area contributed by atoms with Crippen LogP contribution >= 0.6 is 34.7 Å². The number of nitrogens with one attached hydrogen (secondary N) is 1. The van der Waals surface area contributed by atoms with Crippen LogP contribution in [0.5, 0.6) is 11.5 Å². The van der Waals surface area contributed by atoms with Crippen molar-refractivity contribution in [3.05, 3.63) is 67.6 Å². The van der Waals surface area contributed by atoms with E-state index in [-0.39, 0.29) is 23.2 Å². The number of hydrogen-bond donors (Lipinski definition) is 1. The Morgan fingerprint density at radius 1 is 1.08 bits per heavy atom. The Kier molecular flexibility index (Phi) is 6.30. The summed E-state index contributed by atoms with van der Waals surface area (Å²) in [5, 5.41) is 4.90. The summed E-state index contributed by atoms with van der Waals surface area (Å²) in [6.07, 6.45) is 3.76. The van der Waals surface area contributed by atoms with Gasteiger partial charge >= 0.3 is 4.87 Å². The molecule has 2 fully saturated rings. The average Bonchev–Trinajstić information content (AvgIpc) is 3.58.